The van der Waals surface area contributed by atoms with Gasteiger partial charge in [0.1, 0.15) is 0 Å². The van der Waals surface area contributed by atoms with Crippen LogP contribution in [0.15, 0.2) is 11.4 Å². The number of nitrogens with zero attached hydrogens (tertiary/aromatic N) is 1. The summed E-state index contributed by atoms with van der Waals surface area (Å²) < 4.78 is 5.05. The number of fused-ring (bicyclic) bond motifs is 1. The van der Waals surface area contributed by atoms with Crippen LogP contribution < -0.4 is 5.73 Å². The smallest absolute Gasteiger partial charge is 0.313 e. The van der Waals surface area contributed by atoms with Crippen LogP contribution in [0.4, 0.5) is 0 Å². The van der Waals surface area contributed by atoms with Gasteiger partial charge in [-0.2, -0.15) is 0 Å². The van der Waals surface area contributed by atoms with Crippen LogP contribution in [-0.4, -0.2) is 37.0 Å². The highest BCUT2D eigenvalue weighted by atomic mass is 32.1. The van der Waals surface area contributed by atoms with E-state index in [9.17, 15) is 9.59 Å². The molecule has 3 rings (SSSR count). The normalized spacial score (nSPS) is 28.5. The van der Waals surface area contributed by atoms with Crippen LogP contribution in [0.3, 0.4) is 0 Å². The van der Waals surface area contributed by atoms with E-state index in [1.807, 2.05) is 6.07 Å². The number of carbonyl (C=O) groups excluding carboxylic acids is 2. The summed E-state index contributed by atoms with van der Waals surface area (Å²) in [6.45, 7) is 2.46. The Morgan fingerprint density at radius 3 is 3.05 bits per heavy atom. The molecule has 114 valence electrons. The van der Waals surface area contributed by atoms with E-state index in [4.69, 9.17) is 10.5 Å². The number of amides is 1. The van der Waals surface area contributed by atoms with Crippen LogP contribution in [0.1, 0.15) is 34.5 Å². The third-order valence-electron chi connectivity index (χ3n) is 4.85. The summed E-state index contributed by atoms with van der Waals surface area (Å²) in [5, 5.41) is 1.80. The molecular weight excluding hydrogens is 288 g/mol. The van der Waals surface area contributed by atoms with Crippen LogP contribution in [-0.2, 0) is 16.1 Å². The summed E-state index contributed by atoms with van der Waals surface area (Å²) in [7, 11) is 1.48. The van der Waals surface area contributed by atoms with Gasteiger partial charge < -0.3 is 10.5 Å². The molecule has 5 nitrogen and oxygen atoms in total. The van der Waals surface area contributed by atoms with Gasteiger partial charge in [0.05, 0.1) is 18.1 Å². The summed E-state index contributed by atoms with van der Waals surface area (Å²) in [6.07, 6.45) is 3.14. The lowest BCUT2D eigenvalue weighted by molar-refractivity contribution is -0.153. The van der Waals surface area contributed by atoms with Crippen molar-refractivity contribution in [2.45, 2.75) is 25.8 Å². The van der Waals surface area contributed by atoms with Crippen molar-refractivity contribution < 1.29 is 14.3 Å². The van der Waals surface area contributed by atoms with E-state index < -0.39 is 0 Å². The summed E-state index contributed by atoms with van der Waals surface area (Å²) in [5.74, 6) is -0.0427. The maximum absolute atomic E-state index is 12.2. The first-order valence-electron chi connectivity index (χ1n) is 7.23. The van der Waals surface area contributed by atoms with Gasteiger partial charge in [0.25, 0.3) is 0 Å². The van der Waals surface area contributed by atoms with Gasteiger partial charge in [-0.25, -0.2) is 0 Å². The minimum atomic E-state index is -0.387. The maximum Gasteiger partial charge on any atom is 0.313 e. The first-order chi connectivity index (χ1) is 10.0. The second kappa shape index (κ2) is 5.42. The first kappa shape index (κ1) is 14.5. The molecule has 0 spiro atoms. The molecule has 0 bridgehead atoms. The van der Waals surface area contributed by atoms with Gasteiger partial charge in [0.15, 0.2) is 0 Å². The Bertz CT molecular complexity index is 571. The molecule has 1 aromatic rings. The molecule has 2 atom stereocenters. The zero-order valence-corrected chi connectivity index (χ0v) is 12.9. The van der Waals surface area contributed by atoms with Crippen LogP contribution in [0.2, 0.25) is 0 Å². The third-order valence-corrected chi connectivity index (χ3v) is 5.77. The predicted molar refractivity (Wildman–Crippen MR) is 79.9 cm³/mol. The van der Waals surface area contributed by atoms with E-state index in [-0.39, 0.29) is 17.3 Å². The number of nitrogens with two attached hydrogens (primary N) is 1. The van der Waals surface area contributed by atoms with Crippen molar-refractivity contribution in [3.8, 4) is 0 Å². The summed E-state index contributed by atoms with van der Waals surface area (Å²) in [5.41, 5.74) is 5.54. The van der Waals surface area contributed by atoms with Crippen molar-refractivity contribution in [3.63, 3.8) is 0 Å². The number of methoxy groups -OCH3 is 1. The van der Waals surface area contributed by atoms with Crippen LogP contribution >= 0.6 is 11.3 Å². The highest BCUT2D eigenvalue weighted by molar-refractivity contribution is 7.10. The monoisotopic (exact) mass is 308 g/mol. The average molecular weight is 308 g/mol. The third kappa shape index (κ3) is 2.46. The van der Waals surface area contributed by atoms with E-state index >= 15 is 0 Å². The largest absolute Gasteiger partial charge is 0.469 e. The molecule has 21 heavy (non-hydrogen) atoms. The molecule has 0 unspecified atom stereocenters. The van der Waals surface area contributed by atoms with Gasteiger partial charge in [0.2, 0.25) is 5.91 Å². The molecule has 1 amide bonds. The number of primary amides is 1. The quantitative estimate of drug-likeness (QED) is 0.858. The highest BCUT2D eigenvalue weighted by Gasteiger charge is 2.55. The second-order valence-corrected chi connectivity index (χ2v) is 7.07. The minimum absolute atomic E-state index is 0.0588. The lowest BCUT2D eigenvalue weighted by atomic mass is 9.81. The molecule has 1 aromatic heterocycles. The van der Waals surface area contributed by atoms with Crippen LogP contribution in [0.25, 0.3) is 0 Å². The molecule has 1 aliphatic carbocycles. The zero-order valence-electron chi connectivity index (χ0n) is 12.1. The molecule has 1 saturated carbocycles. The predicted octanol–water partition coefficient (Wildman–Crippen LogP) is 1.62. The van der Waals surface area contributed by atoms with Gasteiger partial charge in [-0.05, 0) is 24.8 Å². The molecule has 2 N–H and O–H groups in total. The van der Waals surface area contributed by atoms with E-state index in [0.29, 0.717) is 11.5 Å². The van der Waals surface area contributed by atoms with Gasteiger partial charge >= 0.3 is 5.97 Å². The molecule has 0 aromatic carbocycles. The molecule has 1 saturated heterocycles. The average Bonchev–Trinajstić information content (AvgIpc) is 3.11. The Labute approximate surface area is 128 Å². The van der Waals surface area contributed by atoms with Gasteiger partial charge in [0, 0.05) is 29.9 Å². The minimum Gasteiger partial charge on any atom is -0.469 e. The SMILES string of the molecule is COC(=O)[C@@]12CCC[C@@H]1CN(Cc1cc(C(N)=O)cs1)C2. The maximum atomic E-state index is 12.2. The zero-order chi connectivity index (χ0) is 15.0. The fraction of sp³-hybridized carbons (Fsp3) is 0.600. The Morgan fingerprint density at radius 1 is 1.57 bits per heavy atom. The van der Waals surface area contributed by atoms with Crippen molar-refractivity contribution >= 4 is 23.2 Å². The number of esters is 1. The molecule has 2 aliphatic rings. The van der Waals surface area contributed by atoms with E-state index in [1.54, 1.807) is 16.7 Å². The Kier molecular flexibility index (Phi) is 3.75. The molecular formula is C15H20N2O3S. The lowest BCUT2D eigenvalue weighted by Gasteiger charge is -2.25. The summed E-state index contributed by atoms with van der Waals surface area (Å²) in [6, 6.07) is 1.85. The number of rotatable bonds is 4. The summed E-state index contributed by atoms with van der Waals surface area (Å²) in [4.78, 5) is 26.8. The van der Waals surface area contributed by atoms with Crippen molar-refractivity contribution in [3.05, 3.63) is 21.9 Å². The number of hydrogen-bond donors (Lipinski definition) is 1. The van der Waals surface area contributed by atoms with Crippen molar-refractivity contribution in [2.75, 3.05) is 20.2 Å². The van der Waals surface area contributed by atoms with Crippen molar-refractivity contribution in [2.24, 2.45) is 17.1 Å². The molecule has 2 heterocycles. The number of carbonyl (C=O) groups is 2. The Hall–Kier alpha value is -1.40. The van der Waals surface area contributed by atoms with Crippen LogP contribution in [0.5, 0.6) is 0 Å². The fourth-order valence-electron chi connectivity index (χ4n) is 3.86. The molecule has 0 radical (unpaired) electrons. The lowest BCUT2D eigenvalue weighted by Crippen LogP contribution is -2.36. The van der Waals surface area contributed by atoms with Crippen molar-refractivity contribution in [1.82, 2.24) is 4.90 Å². The summed E-state index contributed by atoms with van der Waals surface area (Å²) >= 11 is 1.55. The number of ether oxygens (including phenoxy) is 1. The van der Waals surface area contributed by atoms with Gasteiger partial charge in [-0.3, -0.25) is 14.5 Å². The van der Waals surface area contributed by atoms with Gasteiger partial charge in [-0.15, -0.1) is 11.3 Å². The highest BCUT2D eigenvalue weighted by Crippen LogP contribution is 2.49. The standard InChI is InChI=1S/C15H20N2O3S/c1-20-14(19)15-4-2-3-11(15)6-17(9-15)7-12-5-10(8-21-12)13(16)18/h5,8,11H,2-4,6-7,9H2,1H3,(H2,16,18)/t11-,15-/m1/s1. The van der Waals surface area contributed by atoms with Crippen molar-refractivity contribution in [1.29, 1.82) is 0 Å². The Morgan fingerprint density at radius 2 is 2.38 bits per heavy atom. The molecule has 1 aliphatic heterocycles. The number of thiophene rings is 1. The molecule has 6 heteroatoms. The van der Waals surface area contributed by atoms with Gasteiger partial charge in [-0.1, -0.05) is 6.42 Å². The fourth-order valence-corrected chi connectivity index (χ4v) is 4.78. The number of likely N-dealkylation sites (tertiary alicyclic amines) is 1. The second-order valence-electron chi connectivity index (χ2n) is 6.07. The van der Waals surface area contributed by atoms with E-state index in [1.165, 1.54) is 7.11 Å². The number of hydrogen-bond acceptors (Lipinski definition) is 5. The van der Waals surface area contributed by atoms with E-state index in [0.717, 1.165) is 43.8 Å². The molecule has 2 fully saturated rings. The Balaban J connectivity index is 1.71. The van der Waals surface area contributed by atoms with E-state index in [2.05, 4.69) is 4.90 Å². The van der Waals surface area contributed by atoms with Crippen LogP contribution in [0, 0.1) is 11.3 Å². The first-order valence-corrected chi connectivity index (χ1v) is 8.11. The topological polar surface area (TPSA) is 72.6 Å².